The fourth-order valence-corrected chi connectivity index (χ4v) is 6.19. The van der Waals surface area contributed by atoms with Crippen molar-refractivity contribution in [2.24, 2.45) is 11.8 Å². The number of amides is 6. The molecule has 6 unspecified atom stereocenters. The monoisotopic (exact) mass is 749 g/mol. The zero-order valence-electron chi connectivity index (χ0n) is 31.0. The summed E-state index contributed by atoms with van der Waals surface area (Å²) in [6.45, 7) is 8.29. The normalized spacial score (nSPS) is 25.0. The van der Waals surface area contributed by atoms with E-state index in [1.165, 1.54) is 19.1 Å². The summed E-state index contributed by atoms with van der Waals surface area (Å²) in [5.41, 5.74) is 2.47. The molecule has 1 aromatic heterocycles. The summed E-state index contributed by atoms with van der Waals surface area (Å²) in [6.07, 6.45) is 1.69. The summed E-state index contributed by atoms with van der Waals surface area (Å²) in [7, 11) is 0. The van der Waals surface area contributed by atoms with Crippen molar-refractivity contribution in [2.45, 2.75) is 96.2 Å². The van der Waals surface area contributed by atoms with Crippen molar-refractivity contribution in [3.63, 3.8) is 0 Å². The van der Waals surface area contributed by atoms with Crippen LogP contribution in [0.1, 0.15) is 52.2 Å². The molecule has 3 heterocycles. The molecule has 3 aromatic rings. The Morgan fingerprint density at radius 2 is 1.15 bits per heavy atom. The van der Waals surface area contributed by atoms with Crippen molar-refractivity contribution < 1.29 is 44.1 Å². The van der Waals surface area contributed by atoms with Gasteiger partial charge in [-0.3, -0.25) is 28.8 Å². The number of H-pyrrole nitrogens is 1. The molecule has 5 rings (SSSR count). The number of hydrogen-bond acceptors (Lipinski definition) is 9. The van der Waals surface area contributed by atoms with E-state index >= 15 is 0 Å². The van der Waals surface area contributed by atoms with Crippen LogP contribution in [0.15, 0.2) is 54.7 Å². The maximum atomic E-state index is 13.1. The zero-order valence-corrected chi connectivity index (χ0v) is 31.0. The van der Waals surface area contributed by atoms with Crippen molar-refractivity contribution >= 4 is 46.3 Å². The lowest BCUT2D eigenvalue weighted by atomic mass is 9.97. The summed E-state index contributed by atoms with van der Waals surface area (Å²) in [4.78, 5) is 78.7. The molecule has 0 aliphatic carbocycles. The molecular formula is C38H51N7O9. The van der Waals surface area contributed by atoms with Crippen LogP contribution < -0.4 is 31.9 Å². The molecule has 10 N–H and O–H groups in total. The number of nitrogens with one attached hydrogen (secondary N) is 7. The highest BCUT2D eigenvalue weighted by Crippen LogP contribution is 2.20. The molecule has 54 heavy (non-hydrogen) atoms. The summed E-state index contributed by atoms with van der Waals surface area (Å²) in [5, 5.41) is 45.6. The van der Waals surface area contributed by atoms with Crippen LogP contribution in [0.5, 0.6) is 5.75 Å². The van der Waals surface area contributed by atoms with Crippen molar-refractivity contribution in [3.05, 3.63) is 65.9 Å². The number of aliphatic hydroxyl groups excluding tert-OH is 2. The molecule has 8 atom stereocenters. The molecule has 2 aromatic carbocycles. The van der Waals surface area contributed by atoms with Gasteiger partial charge >= 0.3 is 0 Å². The Bertz CT molecular complexity index is 1810. The lowest BCUT2D eigenvalue weighted by Gasteiger charge is -2.25. The van der Waals surface area contributed by atoms with Crippen LogP contribution in [0.4, 0.5) is 0 Å². The van der Waals surface area contributed by atoms with Gasteiger partial charge in [0.05, 0.1) is 12.7 Å². The highest BCUT2D eigenvalue weighted by Gasteiger charge is 2.37. The van der Waals surface area contributed by atoms with Gasteiger partial charge in [0.25, 0.3) is 0 Å². The highest BCUT2D eigenvalue weighted by atomic mass is 16.3. The summed E-state index contributed by atoms with van der Waals surface area (Å²) in [6, 6.07) is 8.30. The number of benzene rings is 2. The Labute approximate surface area is 313 Å². The Hall–Kier alpha value is -5.48. The van der Waals surface area contributed by atoms with Crippen LogP contribution in [0, 0.1) is 11.8 Å². The first-order chi connectivity index (χ1) is 25.6. The third-order valence-electron chi connectivity index (χ3n) is 9.66. The number of aliphatic hydroxyl groups is 2. The lowest BCUT2D eigenvalue weighted by molar-refractivity contribution is -0.132. The predicted molar refractivity (Wildman–Crippen MR) is 198 cm³/mol. The second-order valence-corrected chi connectivity index (χ2v) is 14.1. The van der Waals surface area contributed by atoms with Crippen molar-refractivity contribution in [1.82, 2.24) is 36.9 Å². The third kappa shape index (κ3) is 10.3. The van der Waals surface area contributed by atoms with E-state index in [9.17, 15) is 44.1 Å². The average molecular weight is 750 g/mol. The first kappa shape index (κ1) is 41.3. The summed E-state index contributed by atoms with van der Waals surface area (Å²) in [5.74, 6) is -3.20. The second-order valence-electron chi connectivity index (χ2n) is 14.1. The first-order valence-corrected chi connectivity index (χ1v) is 18.1. The number of phenolic OH excluding ortho intramolecular Hbond substituents is 1. The minimum Gasteiger partial charge on any atom is -0.508 e. The number of aromatic amines is 1. The zero-order chi connectivity index (χ0) is 39.7. The van der Waals surface area contributed by atoms with E-state index in [-0.39, 0.29) is 36.3 Å². The van der Waals surface area contributed by atoms with Gasteiger partial charge in [0.1, 0.15) is 42.0 Å². The maximum Gasteiger partial charge on any atom is 0.245 e. The fourth-order valence-electron chi connectivity index (χ4n) is 6.19. The van der Waals surface area contributed by atoms with E-state index in [0.29, 0.717) is 12.0 Å². The minimum atomic E-state index is -1.21. The minimum absolute atomic E-state index is 0.0747. The Balaban J connectivity index is 0.000000268. The van der Waals surface area contributed by atoms with E-state index in [0.717, 1.165) is 16.5 Å². The summed E-state index contributed by atoms with van der Waals surface area (Å²) >= 11 is 0. The van der Waals surface area contributed by atoms with E-state index < -0.39 is 78.5 Å². The SMILES string of the molecule is CC(O)C1NC(=O)[C@H](Cc2c[nH]c3ccccc23)NC(=O)C(Cc2ccc(O)cc2)NC1=O.CCC(C)C1NC(=O)C(CO)NC(=O)[C@H](C(C)C)NC1=O. The fraction of sp³-hybridized carbons (Fsp3) is 0.474. The van der Waals surface area contributed by atoms with Gasteiger partial charge < -0.3 is 52.2 Å². The largest absolute Gasteiger partial charge is 0.508 e. The van der Waals surface area contributed by atoms with E-state index in [2.05, 4.69) is 36.9 Å². The Morgan fingerprint density at radius 3 is 1.78 bits per heavy atom. The number of hydrogen-bond donors (Lipinski definition) is 10. The van der Waals surface area contributed by atoms with E-state index in [4.69, 9.17) is 0 Å². The molecular weight excluding hydrogens is 698 g/mol. The standard InChI is InChI=1S/C24H26N4O5.C14H25N3O4/c1-13(29)21-24(33)27-19(10-14-6-8-16(30)9-7-14)22(31)26-20(23(32)28-21)11-15-12-25-18-5-3-2-4-17(15)18;1-5-8(4)11-14(21)16-10(7(2)3)13(20)15-9(6-18)12(19)17-11/h2-9,12-13,19-21,25,29-30H,10-11H2,1H3,(H,26,31)(H,27,33)(H,28,32);7-11,18H,5-6H2,1-4H3,(H,15,20)(H,16,21)(H,17,19)/t13?,19?,20-,21?;8?,9?,10-,11?/m00/s1. The Kier molecular flexibility index (Phi) is 14.2. The smallest absolute Gasteiger partial charge is 0.245 e. The van der Waals surface area contributed by atoms with Crippen LogP contribution in [0.25, 0.3) is 10.9 Å². The van der Waals surface area contributed by atoms with Gasteiger partial charge in [0.2, 0.25) is 35.4 Å². The quantitative estimate of drug-likeness (QED) is 0.137. The van der Waals surface area contributed by atoms with E-state index in [1.54, 1.807) is 18.3 Å². The van der Waals surface area contributed by atoms with Crippen molar-refractivity contribution in [1.29, 1.82) is 0 Å². The number of carbonyl (C=O) groups is 6. The summed E-state index contributed by atoms with van der Waals surface area (Å²) < 4.78 is 0. The highest BCUT2D eigenvalue weighted by molar-refractivity contribution is 5.99. The number of fused-ring (bicyclic) bond motifs is 1. The molecule has 16 heteroatoms. The van der Waals surface area contributed by atoms with Crippen LogP contribution in [-0.2, 0) is 41.6 Å². The molecule has 16 nitrogen and oxygen atoms in total. The van der Waals surface area contributed by atoms with Gasteiger partial charge in [-0.05, 0) is 48.1 Å². The van der Waals surface area contributed by atoms with Gasteiger partial charge in [-0.2, -0.15) is 0 Å². The van der Waals surface area contributed by atoms with Gasteiger partial charge in [0, 0.05) is 29.9 Å². The third-order valence-corrected chi connectivity index (χ3v) is 9.66. The molecule has 292 valence electrons. The van der Waals surface area contributed by atoms with E-state index in [1.807, 2.05) is 52.0 Å². The van der Waals surface area contributed by atoms with Crippen LogP contribution in [0.2, 0.25) is 0 Å². The molecule has 0 radical (unpaired) electrons. The predicted octanol–water partition coefficient (Wildman–Crippen LogP) is -0.344. The molecule has 2 aliphatic rings. The molecule has 2 fully saturated rings. The van der Waals surface area contributed by atoms with Gasteiger partial charge in [0.15, 0.2) is 0 Å². The van der Waals surface area contributed by atoms with Crippen molar-refractivity contribution in [3.8, 4) is 5.75 Å². The molecule has 6 amide bonds. The lowest BCUT2D eigenvalue weighted by Crippen LogP contribution is -2.55. The number of aromatic nitrogens is 1. The molecule has 2 aliphatic heterocycles. The molecule has 0 bridgehead atoms. The number of carbonyl (C=O) groups excluding carboxylic acids is 6. The topological polar surface area (TPSA) is 251 Å². The Morgan fingerprint density at radius 1 is 0.630 bits per heavy atom. The average Bonchev–Trinajstić information content (AvgIpc) is 3.57. The van der Waals surface area contributed by atoms with Gasteiger partial charge in [-0.25, -0.2) is 0 Å². The number of para-hydroxylation sites is 1. The number of phenols is 1. The van der Waals surface area contributed by atoms with Crippen LogP contribution in [-0.4, -0.2) is 105 Å². The number of rotatable bonds is 9. The van der Waals surface area contributed by atoms with Gasteiger partial charge in [-0.1, -0.05) is 64.4 Å². The van der Waals surface area contributed by atoms with Crippen molar-refractivity contribution in [2.75, 3.05) is 6.61 Å². The molecule has 2 saturated heterocycles. The molecule has 0 spiro atoms. The first-order valence-electron chi connectivity index (χ1n) is 18.1. The van der Waals surface area contributed by atoms with Gasteiger partial charge in [-0.15, -0.1) is 0 Å². The second kappa shape index (κ2) is 18.5. The number of aromatic hydroxyl groups is 1. The molecule has 0 saturated carbocycles. The van der Waals surface area contributed by atoms with Crippen LogP contribution >= 0.6 is 0 Å². The van der Waals surface area contributed by atoms with Crippen LogP contribution in [0.3, 0.4) is 0 Å². The maximum absolute atomic E-state index is 13.1.